The standard InChI is InChI=1S/C20H18ClFSi/c21-19(20(23)17-10-12-18(22)13-11-17)16-8-6-15(7-9-16)14-4-2-1-3-5-14/h1-13,19-20H,23H3. The molecular weight excluding hydrogens is 323 g/mol. The smallest absolute Gasteiger partial charge is 0.123 e. The Morgan fingerprint density at radius 2 is 1.22 bits per heavy atom. The minimum absolute atomic E-state index is 0.0862. The van der Waals surface area contributed by atoms with Crippen molar-refractivity contribution in [1.82, 2.24) is 0 Å². The van der Waals surface area contributed by atoms with Crippen LogP contribution in [0.2, 0.25) is 0 Å². The minimum atomic E-state index is -0.207. The highest BCUT2D eigenvalue weighted by Crippen LogP contribution is 2.35. The number of benzene rings is 3. The summed E-state index contributed by atoms with van der Waals surface area (Å²) in [6, 6.07) is 25.4. The monoisotopic (exact) mass is 340 g/mol. The lowest BCUT2D eigenvalue weighted by atomic mass is 9.99. The molecule has 0 heterocycles. The average Bonchev–Trinajstić information content (AvgIpc) is 2.62. The van der Waals surface area contributed by atoms with Crippen LogP contribution in [0.4, 0.5) is 4.39 Å². The van der Waals surface area contributed by atoms with E-state index in [0.717, 1.165) is 21.4 Å². The van der Waals surface area contributed by atoms with E-state index in [9.17, 15) is 4.39 Å². The first-order valence-corrected chi connectivity index (χ1v) is 9.29. The van der Waals surface area contributed by atoms with Crippen molar-refractivity contribution in [3.8, 4) is 11.1 Å². The van der Waals surface area contributed by atoms with Gasteiger partial charge in [-0.25, -0.2) is 4.39 Å². The van der Waals surface area contributed by atoms with Crippen LogP contribution in [0.15, 0.2) is 78.9 Å². The average molecular weight is 341 g/mol. The third-order valence-corrected chi connectivity index (χ3v) is 6.56. The fourth-order valence-corrected chi connectivity index (χ4v) is 3.77. The van der Waals surface area contributed by atoms with Crippen LogP contribution in [-0.4, -0.2) is 10.2 Å². The number of alkyl halides is 1. The van der Waals surface area contributed by atoms with E-state index < -0.39 is 0 Å². The summed E-state index contributed by atoms with van der Waals surface area (Å²) < 4.78 is 13.1. The van der Waals surface area contributed by atoms with E-state index in [1.165, 1.54) is 23.3 Å². The normalized spacial score (nSPS) is 13.7. The zero-order valence-corrected chi connectivity index (χ0v) is 15.7. The van der Waals surface area contributed by atoms with Gasteiger partial charge in [-0.15, -0.1) is 11.6 Å². The van der Waals surface area contributed by atoms with Crippen molar-refractivity contribution in [2.24, 2.45) is 0 Å². The molecule has 3 aromatic carbocycles. The van der Waals surface area contributed by atoms with E-state index in [1.54, 1.807) is 0 Å². The molecule has 0 aliphatic heterocycles. The van der Waals surface area contributed by atoms with Crippen LogP contribution in [0.1, 0.15) is 22.0 Å². The summed E-state index contributed by atoms with van der Waals surface area (Å²) in [5.41, 5.74) is 4.84. The van der Waals surface area contributed by atoms with Gasteiger partial charge in [-0.3, -0.25) is 0 Å². The van der Waals surface area contributed by atoms with Crippen molar-refractivity contribution in [1.29, 1.82) is 0 Å². The molecule has 3 heteroatoms. The van der Waals surface area contributed by atoms with E-state index in [0.29, 0.717) is 0 Å². The second kappa shape index (κ2) is 7.11. The van der Waals surface area contributed by atoms with Gasteiger partial charge in [0.2, 0.25) is 0 Å². The molecule has 2 unspecified atom stereocenters. The highest BCUT2D eigenvalue weighted by molar-refractivity contribution is 6.27. The molecule has 0 saturated heterocycles. The van der Waals surface area contributed by atoms with Crippen LogP contribution in [0.5, 0.6) is 0 Å². The topological polar surface area (TPSA) is 0 Å². The van der Waals surface area contributed by atoms with Crippen molar-refractivity contribution < 1.29 is 4.39 Å². The molecule has 0 bridgehead atoms. The van der Waals surface area contributed by atoms with Gasteiger partial charge in [-0.2, -0.15) is 0 Å². The molecule has 0 radical (unpaired) electrons. The number of halogens is 2. The molecule has 116 valence electrons. The molecule has 0 spiro atoms. The van der Waals surface area contributed by atoms with Crippen LogP contribution in [-0.2, 0) is 0 Å². The molecule has 3 aromatic rings. The summed E-state index contributed by atoms with van der Waals surface area (Å²) in [6.45, 7) is 0. The van der Waals surface area contributed by atoms with Crippen LogP contribution in [0.3, 0.4) is 0 Å². The maximum absolute atomic E-state index is 13.1. The molecule has 0 saturated carbocycles. The Morgan fingerprint density at radius 1 is 0.696 bits per heavy atom. The Balaban J connectivity index is 1.80. The van der Waals surface area contributed by atoms with Gasteiger partial charge in [0.15, 0.2) is 0 Å². The lowest BCUT2D eigenvalue weighted by molar-refractivity contribution is 0.626. The van der Waals surface area contributed by atoms with Gasteiger partial charge < -0.3 is 0 Å². The first kappa shape index (κ1) is 16.0. The summed E-state index contributed by atoms with van der Waals surface area (Å²) in [7, 11) is 0.913. The second-order valence-electron chi connectivity index (χ2n) is 5.73. The summed E-state index contributed by atoms with van der Waals surface area (Å²) in [6.07, 6.45) is 0. The van der Waals surface area contributed by atoms with Crippen LogP contribution in [0.25, 0.3) is 11.1 Å². The van der Waals surface area contributed by atoms with Gasteiger partial charge in [0.1, 0.15) is 5.82 Å². The SMILES string of the molecule is Fc1ccc(C([SiH3])C(Cl)c2ccc(-c3ccccc3)cc2)cc1. The first-order valence-electron chi connectivity index (χ1n) is 7.70. The third-order valence-electron chi connectivity index (χ3n) is 4.17. The molecule has 0 aromatic heterocycles. The van der Waals surface area contributed by atoms with Crippen molar-refractivity contribution in [3.05, 3.63) is 95.8 Å². The number of hydrogen-bond donors (Lipinski definition) is 0. The van der Waals surface area contributed by atoms with E-state index in [1.807, 2.05) is 30.3 Å². The fraction of sp³-hybridized carbons (Fsp3) is 0.100. The largest absolute Gasteiger partial charge is 0.207 e. The number of rotatable bonds is 4. The Bertz CT molecular complexity index is 754. The Morgan fingerprint density at radius 3 is 1.83 bits per heavy atom. The van der Waals surface area contributed by atoms with Crippen molar-refractivity contribution in [2.45, 2.75) is 10.9 Å². The van der Waals surface area contributed by atoms with Crippen LogP contribution in [0, 0.1) is 5.82 Å². The molecule has 0 aliphatic carbocycles. The third kappa shape index (κ3) is 3.71. The van der Waals surface area contributed by atoms with Gasteiger partial charge in [-0.05, 0) is 39.9 Å². The van der Waals surface area contributed by atoms with Gasteiger partial charge in [-0.1, -0.05) is 66.7 Å². The predicted octanol–water partition coefficient (Wildman–Crippen LogP) is 4.88. The minimum Gasteiger partial charge on any atom is -0.207 e. The van der Waals surface area contributed by atoms with E-state index in [-0.39, 0.29) is 16.7 Å². The number of hydrogen-bond acceptors (Lipinski definition) is 0. The summed E-state index contributed by atoms with van der Waals surface area (Å²) in [4.78, 5) is 0. The summed E-state index contributed by atoms with van der Waals surface area (Å²) in [5, 5.41) is -0.0862. The van der Waals surface area contributed by atoms with Gasteiger partial charge in [0, 0.05) is 10.2 Å². The molecule has 0 N–H and O–H groups in total. The van der Waals surface area contributed by atoms with Gasteiger partial charge in [0.25, 0.3) is 0 Å². The lowest BCUT2D eigenvalue weighted by Crippen LogP contribution is -2.06. The van der Waals surface area contributed by atoms with Crippen LogP contribution >= 0.6 is 11.6 Å². The van der Waals surface area contributed by atoms with Crippen molar-refractivity contribution >= 4 is 21.8 Å². The molecule has 0 nitrogen and oxygen atoms in total. The fourth-order valence-electron chi connectivity index (χ4n) is 2.71. The van der Waals surface area contributed by atoms with Gasteiger partial charge in [0.05, 0.1) is 5.38 Å². The van der Waals surface area contributed by atoms with E-state index >= 15 is 0 Å². The Labute approximate surface area is 144 Å². The second-order valence-corrected chi connectivity index (χ2v) is 7.44. The first-order chi connectivity index (χ1) is 11.1. The lowest BCUT2D eigenvalue weighted by Gasteiger charge is -2.19. The zero-order valence-electron chi connectivity index (χ0n) is 12.9. The molecule has 23 heavy (non-hydrogen) atoms. The molecule has 2 atom stereocenters. The predicted molar refractivity (Wildman–Crippen MR) is 99.6 cm³/mol. The maximum Gasteiger partial charge on any atom is 0.123 e. The molecule has 3 rings (SSSR count). The molecule has 0 amide bonds. The molecular formula is C20H18ClFSi. The van der Waals surface area contributed by atoms with Crippen LogP contribution < -0.4 is 0 Å². The van der Waals surface area contributed by atoms with E-state index in [2.05, 4.69) is 36.4 Å². The Kier molecular flexibility index (Phi) is 4.94. The van der Waals surface area contributed by atoms with Crippen molar-refractivity contribution in [2.75, 3.05) is 0 Å². The molecule has 0 aliphatic rings. The Hall–Kier alpha value is -1.90. The molecule has 0 fully saturated rings. The maximum atomic E-state index is 13.1. The quantitative estimate of drug-likeness (QED) is 0.469. The zero-order chi connectivity index (χ0) is 16.2. The highest BCUT2D eigenvalue weighted by Gasteiger charge is 2.18. The summed E-state index contributed by atoms with van der Waals surface area (Å²) >= 11 is 6.67. The summed E-state index contributed by atoms with van der Waals surface area (Å²) in [5.74, 6) is -0.207. The van der Waals surface area contributed by atoms with Gasteiger partial charge >= 0.3 is 0 Å². The van der Waals surface area contributed by atoms with E-state index in [4.69, 9.17) is 11.6 Å². The highest BCUT2D eigenvalue weighted by atomic mass is 35.5. The van der Waals surface area contributed by atoms with Crippen molar-refractivity contribution in [3.63, 3.8) is 0 Å².